The summed E-state index contributed by atoms with van der Waals surface area (Å²) in [6.07, 6.45) is 0.732. The van der Waals surface area contributed by atoms with E-state index in [9.17, 15) is 18.0 Å². The number of nitrogens with zero attached hydrogens (tertiary/aromatic N) is 1. The van der Waals surface area contributed by atoms with Gasteiger partial charge in [-0.05, 0) is 31.0 Å². The molecule has 3 heterocycles. The number of hydrogen-bond acceptors (Lipinski definition) is 7. The van der Waals surface area contributed by atoms with E-state index >= 15 is 0 Å². The fraction of sp³-hybridized carbons (Fsp3) is 0.333. The third-order valence-corrected chi connectivity index (χ3v) is 8.11. The minimum absolute atomic E-state index is 0.0118. The number of fused-ring (bicyclic) bond motifs is 2. The van der Waals surface area contributed by atoms with Gasteiger partial charge in [0.2, 0.25) is 22.7 Å². The summed E-state index contributed by atoms with van der Waals surface area (Å²) in [5.74, 6) is 0.589. The van der Waals surface area contributed by atoms with E-state index in [1.165, 1.54) is 16.4 Å². The van der Waals surface area contributed by atoms with E-state index in [1.807, 2.05) is 0 Å². The van der Waals surface area contributed by atoms with Gasteiger partial charge in [-0.3, -0.25) is 9.59 Å². The molecule has 2 N–H and O–H groups in total. The van der Waals surface area contributed by atoms with Gasteiger partial charge in [0.15, 0.2) is 18.1 Å². The largest absolute Gasteiger partial charge is 0.482 e. The summed E-state index contributed by atoms with van der Waals surface area (Å²) in [4.78, 5) is 24.1. The molecule has 2 aromatic rings. The number of piperidine rings is 1. The molecule has 0 spiro atoms. The van der Waals surface area contributed by atoms with Gasteiger partial charge in [-0.1, -0.05) is 11.6 Å². The van der Waals surface area contributed by atoms with Crippen molar-refractivity contribution in [2.24, 2.45) is 5.92 Å². The highest BCUT2D eigenvalue weighted by Gasteiger charge is 2.34. The van der Waals surface area contributed by atoms with Gasteiger partial charge in [-0.15, -0.1) is 0 Å². The van der Waals surface area contributed by atoms with Crippen LogP contribution in [0.2, 0.25) is 5.02 Å². The van der Waals surface area contributed by atoms with Crippen molar-refractivity contribution < 1.29 is 32.2 Å². The summed E-state index contributed by atoms with van der Waals surface area (Å²) >= 11 is 6.23. The van der Waals surface area contributed by atoms with Gasteiger partial charge < -0.3 is 24.8 Å². The third kappa shape index (κ3) is 4.19. The number of halogens is 1. The van der Waals surface area contributed by atoms with Crippen LogP contribution >= 0.6 is 11.6 Å². The number of ether oxygens (including phenoxy) is 3. The molecule has 0 saturated carbocycles. The van der Waals surface area contributed by atoms with Crippen LogP contribution in [0.4, 0.5) is 11.4 Å². The second-order valence-electron chi connectivity index (χ2n) is 7.85. The zero-order chi connectivity index (χ0) is 23.2. The predicted molar refractivity (Wildman–Crippen MR) is 118 cm³/mol. The molecule has 5 rings (SSSR count). The summed E-state index contributed by atoms with van der Waals surface area (Å²) in [5.41, 5.74) is 0.918. The topological polar surface area (TPSA) is 123 Å². The number of nitrogens with one attached hydrogen (secondary N) is 2. The van der Waals surface area contributed by atoms with Crippen LogP contribution in [0.25, 0.3) is 0 Å². The van der Waals surface area contributed by atoms with Gasteiger partial charge in [0.05, 0.1) is 10.7 Å². The van der Waals surface area contributed by atoms with Crippen LogP contribution in [0.15, 0.2) is 35.2 Å². The molecule has 3 aliphatic heterocycles. The van der Waals surface area contributed by atoms with Crippen molar-refractivity contribution in [3.8, 4) is 17.2 Å². The summed E-state index contributed by atoms with van der Waals surface area (Å²) in [7, 11) is -3.91. The van der Waals surface area contributed by atoms with Gasteiger partial charge in [0, 0.05) is 36.8 Å². The van der Waals surface area contributed by atoms with E-state index in [-0.39, 0.29) is 59.9 Å². The van der Waals surface area contributed by atoms with Crippen LogP contribution in [0.1, 0.15) is 12.8 Å². The molecular formula is C21H20ClN3O7S. The van der Waals surface area contributed by atoms with Crippen LogP contribution < -0.4 is 24.8 Å². The first-order chi connectivity index (χ1) is 15.8. The van der Waals surface area contributed by atoms with Crippen LogP contribution in [0, 0.1) is 5.92 Å². The molecule has 1 fully saturated rings. The van der Waals surface area contributed by atoms with E-state index in [0.29, 0.717) is 35.7 Å². The quantitative estimate of drug-likeness (QED) is 0.670. The lowest BCUT2D eigenvalue weighted by molar-refractivity contribution is -0.121. The van der Waals surface area contributed by atoms with Crippen molar-refractivity contribution in [3.05, 3.63) is 35.4 Å². The Morgan fingerprint density at radius 3 is 2.61 bits per heavy atom. The molecule has 2 amide bonds. The second-order valence-corrected chi connectivity index (χ2v) is 10.2. The van der Waals surface area contributed by atoms with Crippen molar-refractivity contribution in [2.45, 2.75) is 17.7 Å². The zero-order valence-corrected chi connectivity index (χ0v) is 18.9. The fourth-order valence-corrected chi connectivity index (χ4v) is 5.98. The molecule has 0 bridgehead atoms. The van der Waals surface area contributed by atoms with E-state index in [1.54, 1.807) is 18.2 Å². The molecule has 0 unspecified atom stereocenters. The fourth-order valence-electron chi connectivity index (χ4n) is 4.00. The maximum absolute atomic E-state index is 13.2. The summed E-state index contributed by atoms with van der Waals surface area (Å²) in [5, 5.41) is 5.44. The molecule has 33 heavy (non-hydrogen) atoms. The monoisotopic (exact) mass is 493 g/mol. The Morgan fingerprint density at radius 1 is 1.06 bits per heavy atom. The van der Waals surface area contributed by atoms with Crippen molar-refractivity contribution >= 4 is 44.8 Å². The van der Waals surface area contributed by atoms with E-state index in [2.05, 4.69) is 10.6 Å². The number of sulfonamides is 1. The first-order valence-corrected chi connectivity index (χ1v) is 12.1. The lowest BCUT2D eigenvalue weighted by atomic mass is 9.97. The Labute approximate surface area is 194 Å². The summed E-state index contributed by atoms with van der Waals surface area (Å²) in [6, 6.07) is 7.85. The number of anilines is 2. The Kier molecular flexibility index (Phi) is 5.55. The van der Waals surface area contributed by atoms with Gasteiger partial charge in [0.25, 0.3) is 5.91 Å². The normalized spacial score (nSPS) is 18.3. The Hall–Kier alpha value is -3.02. The minimum atomic E-state index is -3.91. The van der Waals surface area contributed by atoms with Crippen molar-refractivity contribution in [3.63, 3.8) is 0 Å². The van der Waals surface area contributed by atoms with Crippen LogP contribution in [0.5, 0.6) is 17.2 Å². The number of hydrogen-bond donors (Lipinski definition) is 2. The Bertz CT molecular complexity index is 1240. The molecular weight excluding hydrogens is 474 g/mol. The first-order valence-electron chi connectivity index (χ1n) is 10.3. The molecule has 2 aromatic carbocycles. The minimum Gasteiger partial charge on any atom is -0.482 e. The molecule has 12 heteroatoms. The van der Waals surface area contributed by atoms with Gasteiger partial charge >= 0.3 is 0 Å². The highest BCUT2D eigenvalue weighted by Crippen LogP contribution is 2.38. The van der Waals surface area contributed by atoms with Crippen LogP contribution in [-0.4, -0.2) is 51.0 Å². The Balaban J connectivity index is 1.25. The van der Waals surface area contributed by atoms with Gasteiger partial charge in [-0.2, -0.15) is 4.31 Å². The SMILES string of the molecule is O=C1COc2cc(S(=O)(=O)N3CCC(C(=O)Nc4ccc5c(c4)OCO5)CC3)c(Cl)cc2N1. The zero-order valence-electron chi connectivity index (χ0n) is 17.3. The molecule has 3 aliphatic rings. The summed E-state index contributed by atoms with van der Waals surface area (Å²) < 4.78 is 43.6. The second kappa shape index (κ2) is 8.40. The molecule has 10 nitrogen and oxygen atoms in total. The summed E-state index contributed by atoms with van der Waals surface area (Å²) in [6.45, 7) is 0.297. The third-order valence-electron chi connectivity index (χ3n) is 5.75. The maximum atomic E-state index is 13.2. The predicted octanol–water partition coefficient (Wildman–Crippen LogP) is 2.44. The number of carbonyl (C=O) groups is 2. The van der Waals surface area contributed by atoms with Crippen molar-refractivity contribution in [1.29, 1.82) is 0 Å². The molecule has 0 aromatic heterocycles. The molecule has 174 valence electrons. The molecule has 0 aliphatic carbocycles. The number of carbonyl (C=O) groups excluding carboxylic acids is 2. The first kappa shape index (κ1) is 21.8. The number of benzene rings is 2. The Morgan fingerprint density at radius 2 is 1.82 bits per heavy atom. The molecule has 1 saturated heterocycles. The van der Waals surface area contributed by atoms with Gasteiger partial charge in [0.1, 0.15) is 10.6 Å². The average molecular weight is 494 g/mol. The van der Waals surface area contributed by atoms with E-state index < -0.39 is 10.0 Å². The number of rotatable bonds is 4. The van der Waals surface area contributed by atoms with Gasteiger partial charge in [-0.25, -0.2) is 8.42 Å². The van der Waals surface area contributed by atoms with Crippen LogP contribution in [0.3, 0.4) is 0 Å². The highest BCUT2D eigenvalue weighted by atomic mass is 35.5. The average Bonchev–Trinajstić information content (AvgIpc) is 3.26. The highest BCUT2D eigenvalue weighted by molar-refractivity contribution is 7.89. The lowest BCUT2D eigenvalue weighted by Crippen LogP contribution is -2.41. The maximum Gasteiger partial charge on any atom is 0.262 e. The smallest absolute Gasteiger partial charge is 0.262 e. The number of amides is 2. The van der Waals surface area contributed by atoms with E-state index in [4.69, 9.17) is 25.8 Å². The lowest BCUT2D eigenvalue weighted by Gasteiger charge is -2.31. The van der Waals surface area contributed by atoms with Crippen LogP contribution in [-0.2, 0) is 19.6 Å². The molecule has 0 atom stereocenters. The van der Waals surface area contributed by atoms with E-state index in [0.717, 1.165) is 0 Å². The standard InChI is InChI=1S/C21H20ClN3O7S/c22-14-8-15-17(30-10-20(26)24-15)9-19(14)33(28,29)25-5-3-12(4-6-25)21(27)23-13-1-2-16-18(7-13)32-11-31-16/h1-2,7-9,12H,3-6,10-11H2,(H,23,27)(H,24,26). The molecule has 0 radical (unpaired) electrons. The van der Waals surface area contributed by atoms with Crippen molar-refractivity contribution in [2.75, 3.05) is 37.1 Å². The van der Waals surface area contributed by atoms with Crippen molar-refractivity contribution in [1.82, 2.24) is 4.31 Å².